The summed E-state index contributed by atoms with van der Waals surface area (Å²) < 4.78 is 5.47. The normalized spacial score (nSPS) is 27.4. The molecule has 5 heteroatoms. The van der Waals surface area contributed by atoms with E-state index in [0.717, 1.165) is 29.6 Å². The molecule has 3 atom stereocenters. The third kappa shape index (κ3) is 2.92. The number of thioether (sulfide) groups is 1. The quantitative estimate of drug-likeness (QED) is 0.829. The van der Waals surface area contributed by atoms with Crippen LogP contribution < -0.4 is 0 Å². The standard InChI is InChI=1S/C18H23N3OS/c1-2-23-12-17-19-18(20-22-17)14-11-16(13-7-4-3-5-8-13)21-10-6-9-15(14)21/h3-5,7-8,14-16H,2,6,9-12H2,1H3/t14-,15+,16-/m0/s1. The third-order valence-corrected chi connectivity index (χ3v) is 5.97. The first-order valence-corrected chi connectivity index (χ1v) is 9.73. The SMILES string of the molecule is CCSCc1nc([C@H]2C[C@@H](c3ccccc3)N3CCC[C@H]23)no1. The topological polar surface area (TPSA) is 42.2 Å². The number of benzene rings is 1. The molecule has 1 aromatic carbocycles. The van der Waals surface area contributed by atoms with Gasteiger partial charge in [0.05, 0.1) is 5.75 Å². The van der Waals surface area contributed by atoms with Crippen LogP contribution in [-0.4, -0.2) is 33.4 Å². The molecule has 0 amide bonds. The second-order valence-electron chi connectivity index (χ2n) is 6.40. The number of hydrogen-bond acceptors (Lipinski definition) is 5. The van der Waals surface area contributed by atoms with Crippen molar-refractivity contribution in [1.82, 2.24) is 15.0 Å². The lowest BCUT2D eigenvalue weighted by atomic mass is 9.94. The molecule has 0 bridgehead atoms. The van der Waals surface area contributed by atoms with Crippen molar-refractivity contribution < 1.29 is 4.52 Å². The van der Waals surface area contributed by atoms with Crippen LogP contribution in [0.5, 0.6) is 0 Å². The summed E-state index contributed by atoms with van der Waals surface area (Å²) in [4.78, 5) is 7.36. The number of fused-ring (bicyclic) bond motifs is 1. The Bertz CT molecular complexity index is 645. The van der Waals surface area contributed by atoms with Gasteiger partial charge in [-0.25, -0.2) is 0 Å². The van der Waals surface area contributed by atoms with Crippen molar-refractivity contribution >= 4 is 11.8 Å². The van der Waals surface area contributed by atoms with Gasteiger partial charge in [-0.15, -0.1) is 0 Å². The maximum atomic E-state index is 5.47. The Hall–Kier alpha value is -1.33. The molecule has 2 aliphatic rings. The van der Waals surface area contributed by atoms with Crippen molar-refractivity contribution in [3.05, 3.63) is 47.6 Å². The summed E-state index contributed by atoms with van der Waals surface area (Å²) in [5.41, 5.74) is 1.42. The Morgan fingerprint density at radius 2 is 2.17 bits per heavy atom. The molecule has 2 aliphatic heterocycles. The first-order chi connectivity index (χ1) is 11.4. The highest BCUT2D eigenvalue weighted by Crippen LogP contribution is 2.48. The van der Waals surface area contributed by atoms with Gasteiger partial charge >= 0.3 is 0 Å². The Morgan fingerprint density at radius 1 is 1.30 bits per heavy atom. The molecular formula is C18H23N3OS. The lowest BCUT2D eigenvalue weighted by molar-refractivity contribution is 0.243. The van der Waals surface area contributed by atoms with Crippen LogP contribution in [0.3, 0.4) is 0 Å². The van der Waals surface area contributed by atoms with Gasteiger partial charge in [-0.1, -0.05) is 42.4 Å². The highest BCUT2D eigenvalue weighted by Gasteiger charge is 2.46. The van der Waals surface area contributed by atoms with Crippen LogP contribution in [0.2, 0.25) is 0 Å². The summed E-state index contributed by atoms with van der Waals surface area (Å²) in [6, 6.07) is 12.0. The van der Waals surface area contributed by atoms with E-state index < -0.39 is 0 Å². The average Bonchev–Trinajstić information content (AvgIpc) is 3.29. The predicted octanol–water partition coefficient (Wildman–Crippen LogP) is 4.02. The van der Waals surface area contributed by atoms with Gasteiger partial charge in [0, 0.05) is 18.0 Å². The summed E-state index contributed by atoms with van der Waals surface area (Å²) in [5, 5.41) is 4.31. The zero-order valence-corrected chi connectivity index (χ0v) is 14.3. The first-order valence-electron chi connectivity index (χ1n) is 8.57. The van der Waals surface area contributed by atoms with Crippen LogP contribution >= 0.6 is 11.8 Å². The number of hydrogen-bond donors (Lipinski definition) is 0. The average molecular weight is 329 g/mol. The van der Waals surface area contributed by atoms with Crippen molar-refractivity contribution in [3.8, 4) is 0 Å². The molecule has 0 unspecified atom stereocenters. The smallest absolute Gasteiger partial charge is 0.236 e. The summed E-state index contributed by atoms with van der Waals surface area (Å²) in [7, 11) is 0. The van der Waals surface area contributed by atoms with Crippen LogP contribution in [0.25, 0.3) is 0 Å². The van der Waals surface area contributed by atoms with E-state index in [4.69, 9.17) is 9.51 Å². The monoisotopic (exact) mass is 329 g/mol. The van der Waals surface area contributed by atoms with Crippen LogP contribution in [0.15, 0.2) is 34.9 Å². The second kappa shape index (κ2) is 6.65. The maximum absolute atomic E-state index is 5.47. The summed E-state index contributed by atoms with van der Waals surface area (Å²) in [5.74, 6) is 4.01. The molecule has 2 aromatic rings. The molecule has 0 spiro atoms. The fourth-order valence-electron chi connectivity index (χ4n) is 4.11. The Morgan fingerprint density at radius 3 is 3.00 bits per heavy atom. The van der Waals surface area contributed by atoms with E-state index in [-0.39, 0.29) is 0 Å². The molecule has 2 fully saturated rings. The predicted molar refractivity (Wildman–Crippen MR) is 92.4 cm³/mol. The lowest BCUT2D eigenvalue weighted by Gasteiger charge is -2.24. The van der Waals surface area contributed by atoms with Crippen molar-refractivity contribution in [3.63, 3.8) is 0 Å². The van der Waals surface area contributed by atoms with Gasteiger partial charge in [0.1, 0.15) is 0 Å². The van der Waals surface area contributed by atoms with Crippen LogP contribution in [0.4, 0.5) is 0 Å². The summed E-state index contributed by atoms with van der Waals surface area (Å²) in [6.07, 6.45) is 3.64. The Labute approximate surface area is 141 Å². The Balaban J connectivity index is 1.56. The number of rotatable bonds is 5. The zero-order valence-electron chi connectivity index (χ0n) is 13.5. The molecular weight excluding hydrogens is 306 g/mol. The van der Waals surface area contributed by atoms with E-state index in [1.807, 2.05) is 11.8 Å². The Kier molecular flexibility index (Phi) is 4.40. The van der Waals surface area contributed by atoms with E-state index in [2.05, 4.69) is 47.3 Å². The lowest BCUT2D eigenvalue weighted by Crippen LogP contribution is -2.27. The highest BCUT2D eigenvalue weighted by molar-refractivity contribution is 7.98. The largest absolute Gasteiger partial charge is 0.338 e. The molecule has 1 aromatic heterocycles. The van der Waals surface area contributed by atoms with Gasteiger partial charge in [-0.05, 0) is 37.1 Å². The molecule has 122 valence electrons. The van der Waals surface area contributed by atoms with Crippen molar-refractivity contribution in [1.29, 1.82) is 0 Å². The van der Waals surface area contributed by atoms with E-state index >= 15 is 0 Å². The molecule has 2 saturated heterocycles. The van der Waals surface area contributed by atoms with E-state index in [9.17, 15) is 0 Å². The molecule has 0 saturated carbocycles. The van der Waals surface area contributed by atoms with Gasteiger partial charge in [-0.3, -0.25) is 4.90 Å². The first kappa shape index (κ1) is 15.2. The minimum atomic E-state index is 0.409. The molecule has 0 aliphatic carbocycles. The molecule has 23 heavy (non-hydrogen) atoms. The van der Waals surface area contributed by atoms with Crippen LogP contribution in [0.1, 0.15) is 55.4 Å². The third-order valence-electron chi connectivity index (χ3n) is 5.11. The van der Waals surface area contributed by atoms with Crippen molar-refractivity contribution in [2.45, 2.75) is 49.9 Å². The second-order valence-corrected chi connectivity index (χ2v) is 7.67. The minimum absolute atomic E-state index is 0.409. The molecule has 3 heterocycles. The van der Waals surface area contributed by atoms with E-state index in [0.29, 0.717) is 18.0 Å². The van der Waals surface area contributed by atoms with Crippen molar-refractivity contribution in [2.75, 3.05) is 12.3 Å². The van der Waals surface area contributed by atoms with Gasteiger partial charge in [0.25, 0.3) is 0 Å². The van der Waals surface area contributed by atoms with E-state index in [1.54, 1.807) is 0 Å². The maximum Gasteiger partial charge on any atom is 0.236 e. The summed E-state index contributed by atoms with van der Waals surface area (Å²) in [6.45, 7) is 3.34. The van der Waals surface area contributed by atoms with Gasteiger partial charge in [-0.2, -0.15) is 16.7 Å². The van der Waals surface area contributed by atoms with Crippen LogP contribution in [-0.2, 0) is 5.75 Å². The number of aromatic nitrogens is 2. The number of nitrogens with zero attached hydrogens (tertiary/aromatic N) is 3. The molecule has 0 N–H and O–H groups in total. The minimum Gasteiger partial charge on any atom is -0.338 e. The van der Waals surface area contributed by atoms with Crippen LogP contribution in [0, 0.1) is 0 Å². The van der Waals surface area contributed by atoms with E-state index in [1.165, 1.54) is 24.9 Å². The van der Waals surface area contributed by atoms with Gasteiger partial charge < -0.3 is 4.52 Å². The molecule has 0 radical (unpaired) electrons. The molecule has 4 rings (SSSR count). The van der Waals surface area contributed by atoms with Gasteiger partial charge in [0.15, 0.2) is 5.82 Å². The zero-order chi connectivity index (χ0) is 15.6. The fourth-order valence-corrected chi connectivity index (χ4v) is 4.61. The summed E-state index contributed by atoms with van der Waals surface area (Å²) >= 11 is 1.83. The highest BCUT2D eigenvalue weighted by atomic mass is 32.2. The van der Waals surface area contributed by atoms with Crippen molar-refractivity contribution in [2.24, 2.45) is 0 Å². The van der Waals surface area contributed by atoms with Gasteiger partial charge in [0.2, 0.25) is 5.89 Å². The molecule has 4 nitrogen and oxygen atoms in total. The fraction of sp³-hybridized carbons (Fsp3) is 0.556.